The Bertz CT molecular complexity index is 613. The number of aromatic nitrogens is 2. The van der Waals surface area contributed by atoms with E-state index in [0.717, 1.165) is 36.2 Å². The van der Waals surface area contributed by atoms with Crippen LogP contribution in [0.15, 0.2) is 30.6 Å². The molecule has 0 aliphatic heterocycles. The van der Waals surface area contributed by atoms with Crippen LogP contribution in [0.2, 0.25) is 0 Å². The number of benzene rings is 1. The Balaban J connectivity index is 1.66. The Labute approximate surface area is 136 Å². The number of fused-ring (bicyclic) bond motifs is 1. The molecular formula is C17H24N4O2. The van der Waals surface area contributed by atoms with Crippen molar-refractivity contribution in [3.63, 3.8) is 0 Å². The summed E-state index contributed by atoms with van der Waals surface area (Å²) in [7, 11) is 0. The number of nitrogens with zero attached hydrogens (tertiary/aromatic N) is 2. The van der Waals surface area contributed by atoms with Gasteiger partial charge in [-0.1, -0.05) is 12.1 Å². The van der Waals surface area contributed by atoms with Crippen LogP contribution in [0, 0.1) is 0 Å². The molecular weight excluding hydrogens is 292 g/mol. The van der Waals surface area contributed by atoms with E-state index in [1.54, 1.807) is 6.33 Å². The molecule has 0 bridgehead atoms. The van der Waals surface area contributed by atoms with Crippen LogP contribution in [0.25, 0.3) is 10.9 Å². The molecule has 0 saturated carbocycles. The number of rotatable bonds is 10. The molecule has 0 fully saturated rings. The SMILES string of the molecule is CCOCCCNC(=O)CCCNc1ncnc2ccccc12. The van der Waals surface area contributed by atoms with Crippen molar-refractivity contribution < 1.29 is 9.53 Å². The quantitative estimate of drug-likeness (QED) is 0.658. The number of ether oxygens (including phenoxy) is 1. The lowest BCUT2D eigenvalue weighted by Gasteiger charge is -2.08. The summed E-state index contributed by atoms with van der Waals surface area (Å²) in [5.74, 6) is 0.892. The van der Waals surface area contributed by atoms with E-state index in [1.165, 1.54) is 0 Å². The fourth-order valence-electron chi connectivity index (χ4n) is 2.24. The lowest BCUT2D eigenvalue weighted by atomic mass is 10.2. The van der Waals surface area contributed by atoms with Crippen LogP contribution in [0.3, 0.4) is 0 Å². The molecule has 1 aromatic heterocycles. The second-order valence-electron chi connectivity index (χ2n) is 5.17. The molecule has 124 valence electrons. The summed E-state index contributed by atoms with van der Waals surface area (Å²) in [5, 5.41) is 7.17. The van der Waals surface area contributed by atoms with Gasteiger partial charge in [0, 0.05) is 38.1 Å². The zero-order chi connectivity index (χ0) is 16.3. The number of nitrogens with one attached hydrogen (secondary N) is 2. The fraction of sp³-hybridized carbons (Fsp3) is 0.471. The molecule has 6 nitrogen and oxygen atoms in total. The summed E-state index contributed by atoms with van der Waals surface area (Å²) in [5.41, 5.74) is 0.914. The second kappa shape index (κ2) is 9.74. The summed E-state index contributed by atoms with van der Waals surface area (Å²) in [6.07, 6.45) is 3.67. The number of carbonyl (C=O) groups excluding carboxylic acids is 1. The minimum absolute atomic E-state index is 0.0795. The van der Waals surface area contributed by atoms with Crippen molar-refractivity contribution in [2.45, 2.75) is 26.2 Å². The van der Waals surface area contributed by atoms with Crippen LogP contribution in [-0.2, 0) is 9.53 Å². The van der Waals surface area contributed by atoms with Gasteiger partial charge in [-0.25, -0.2) is 9.97 Å². The zero-order valence-electron chi connectivity index (χ0n) is 13.5. The number of carbonyl (C=O) groups is 1. The molecule has 1 heterocycles. The second-order valence-corrected chi connectivity index (χ2v) is 5.17. The van der Waals surface area contributed by atoms with Crippen LogP contribution in [0.1, 0.15) is 26.2 Å². The standard InChI is InChI=1S/C17H24N4O2/c1-2-23-12-6-11-18-16(22)9-5-10-19-17-14-7-3-4-8-15(14)20-13-21-17/h3-4,7-8,13H,2,5-6,9-12H2,1H3,(H,18,22)(H,19,20,21). The monoisotopic (exact) mass is 316 g/mol. The van der Waals surface area contributed by atoms with Gasteiger partial charge in [-0.3, -0.25) is 4.79 Å². The van der Waals surface area contributed by atoms with Gasteiger partial charge in [0.1, 0.15) is 12.1 Å². The molecule has 0 radical (unpaired) electrons. The van der Waals surface area contributed by atoms with Crippen molar-refractivity contribution in [2.75, 3.05) is 31.6 Å². The highest BCUT2D eigenvalue weighted by atomic mass is 16.5. The molecule has 1 aromatic carbocycles. The molecule has 2 N–H and O–H groups in total. The van der Waals surface area contributed by atoms with E-state index in [1.807, 2.05) is 31.2 Å². The van der Waals surface area contributed by atoms with Crippen molar-refractivity contribution in [3.05, 3.63) is 30.6 Å². The predicted molar refractivity (Wildman–Crippen MR) is 91.4 cm³/mol. The van der Waals surface area contributed by atoms with E-state index in [-0.39, 0.29) is 5.91 Å². The highest BCUT2D eigenvalue weighted by Gasteiger charge is 2.03. The van der Waals surface area contributed by atoms with Crippen molar-refractivity contribution in [1.82, 2.24) is 15.3 Å². The number of amides is 1. The minimum atomic E-state index is 0.0795. The molecule has 6 heteroatoms. The highest BCUT2D eigenvalue weighted by Crippen LogP contribution is 2.18. The molecule has 0 aliphatic carbocycles. The lowest BCUT2D eigenvalue weighted by Crippen LogP contribution is -2.25. The topological polar surface area (TPSA) is 76.1 Å². The van der Waals surface area contributed by atoms with Gasteiger partial charge in [0.15, 0.2) is 0 Å². The largest absolute Gasteiger partial charge is 0.382 e. The van der Waals surface area contributed by atoms with Gasteiger partial charge in [0.25, 0.3) is 0 Å². The Morgan fingerprint density at radius 2 is 2.04 bits per heavy atom. The molecule has 2 aromatic rings. The molecule has 0 atom stereocenters. The molecule has 0 unspecified atom stereocenters. The average Bonchev–Trinajstić information content (AvgIpc) is 2.58. The maximum Gasteiger partial charge on any atom is 0.220 e. The van der Waals surface area contributed by atoms with Crippen molar-refractivity contribution in [2.24, 2.45) is 0 Å². The summed E-state index contributed by atoms with van der Waals surface area (Å²) < 4.78 is 5.22. The van der Waals surface area contributed by atoms with E-state index in [4.69, 9.17) is 4.74 Å². The number of para-hydroxylation sites is 1. The molecule has 1 amide bonds. The van der Waals surface area contributed by atoms with E-state index in [2.05, 4.69) is 20.6 Å². The minimum Gasteiger partial charge on any atom is -0.382 e. The Morgan fingerprint density at radius 3 is 2.91 bits per heavy atom. The molecule has 0 aliphatic rings. The van der Waals surface area contributed by atoms with Crippen LogP contribution in [-0.4, -0.2) is 42.2 Å². The average molecular weight is 316 g/mol. The van der Waals surface area contributed by atoms with Gasteiger partial charge in [0.05, 0.1) is 5.52 Å². The first-order valence-corrected chi connectivity index (χ1v) is 8.09. The third-order valence-electron chi connectivity index (χ3n) is 3.41. The normalized spacial score (nSPS) is 10.7. The third-order valence-corrected chi connectivity index (χ3v) is 3.41. The molecule has 23 heavy (non-hydrogen) atoms. The van der Waals surface area contributed by atoms with E-state index in [0.29, 0.717) is 26.1 Å². The summed E-state index contributed by atoms with van der Waals surface area (Å²) in [6, 6.07) is 7.86. The highest BCUT2D eigenvalue weighted by molar-refractivity contribution is 5.88. The molecule has 0 spiro atoms. The smallest absolute Gasteiger partial charge is 0.220 e. The Kier molecular flexibility index (Phi) is 7.26. The first-order valence-electron chi connectivity index (χ1n) is 8.09. The van der Waals surface area contributed by atoms with Crippen LogP contribution < -0.4 is 10.6 Å². The lowest BCUT2D eigenvalue weighted by molar-refractivity contribution is -0.121. The van der Waals surface area contributed by atoms with Crippen molar-refractivity contribution in [1.29, 1.82) is 0 Å². The Hall–Kier alpha value is -2.21. The van der Waals surface area contributed by atoms with Gasteiger partial charge in [0.2, 0.25) is 5.91 Å². The summed E-state index contributed by atoms with van der Waals surface area (Å²) >= 11 is 0. The maximum absolute atomic E-state index is 11.7. The fourth-order valence-corrected chi connectivity index (χ4v) is 2.24. The first-order chi connectivity index (χ1) is 11.3. The van der Waals surface area contributed by atoms with Crippen molar-refractivity contribution >= 4 is 22.6 Å². The first kappa shape index (κ1) is 17.1. The van der Waals surface area contributed by atoms with Gasteiger partial charge >= 0.3 is 0 Å². The van der Waals surface area contributed by atoms with E-state index >= 15 is 0 Å². The molecule has 0 saturated heterocycles. The van der Waals surface area contributed by atoms with E-state index < -0.39 is 0 Å². The number of hydrogen-bond acceptors (Lipinski definition) is 5. The van der Waals surface area contributed by atoms with Gasteiger partial charge in [-0.15, -0.1) is 0 Å². The van der Waals surface area contributed by atoms with Crippen molar-refractivity contribution in [3.8, 4) is 0 Å². The maximum atomic E-state index is 11.7. The van der Waals surface area contributed by atoms with Crippen LogP contribution >= 0.6 is 0 Å². The molecule has 2 rings (SSSR count). The van der Waals surface area contributed by atoms with Crippen LogP contribution in [0.5, 0.6) is 0 Å². The van der Waals surface area contributed by atoms with Gasteiger partial charge < -0.3 is 15.4 Å². The third kappa shape index (κ3) is 5.83. The number of anilines is 1. The summed E-state index contributed by atoms with van der Waals surface area (Å²) in [4.78, 5) is 20.2. The Morgan fingerprint density at radius 1 is 1.17 bits per heavy atom. The van der Waals surface area contributed by atoms with Crippen LogP contribution in [0.4, 0.5) is 5.82 Å². The summed E-state index contributed by atoms with van der Waals surface area (Å²) in [6.45, 7) is 4.75. The van der Waals surface area contributed by atoms with Gasteiger partial charge in [-0.05, 0) is 31.9 Å². The van der Waals surface area contributed by atoms with Gasteiger partial charge in [-0.2, -0.15) is 0 Å². The zero-order valence-corrected chi connectivity index (χ0v) is 13.5. The van der Waals surface area contributed by atoms with E-state index in [9.17, 15) is 4.79 Å². The predicted octanol–water partition coefficient (Wildman–Crippen LogP) is 2.36. The number of hydrogen-bond donors (Lipinski definition) is 2.